The van der Waals surface area contributed by atoms with Crippen molar-refractivity contribution < 1.29 is 4.79 Å². The summed E-state index contributed by atoms with van der Waals surface area (Å²) in [5.41, 5.74) is 0. The monoisotopic (exact) mass is 273 g/mol. The maximum Gasteiger partial charge on any atom is 0.220 e. The van der Waals surface area contributed by atoms with Gasteiger partial charge < -0.3 is 5.32 Å². The molecule has 1 N–H and O–H groups in total. The maximum atomic E-state index is 11.8. The lowest BCUT2D eigenvalue weighted by molar-refractivity contribution is -0.122. The zero-order valence-corrected chi connectivity index (χ0v) is 12.6. The molecule has 106 valence electrons. The van der Waals surface area contributed by atoms with E-state index in [1.807, 2.05) is 0 Å². The summed E-state index contributed by atoms with van der Waals surface area (Å²) in [6, 6.07) is 0. The Kier molecular flexibility index (Phi) is 7.73. The Hall–Kier alpha value is -0.240. The first-order valence-electron chi connectivity index (χ1n) is 7.48. The van der Waals surface area contributed by atoms with E-state index in [1.54, 1.807) is 0 Å². The molecule has 0 spiro atoms. The van der Waals surface area contributed by atoms with Crippen molar-refractivity contribution in [3.05, 3.63) is 0 Å². The smallest absolute Gasteiger partial charge is 0.220 e. The Morgan fingerprint density at radius 2 is 1.83 bits per heavy atom. The minimum atomic E-state index is 0.0723. The fourth-order valence-corrected chi connectivity index (χ4v) is 3.16. The average Bonchev–Trinajstić information content (AvgIpc) is 2.54. The van der Waals surface area contributed by atoms with Crippen molar-refractivity contribution in [2.45, 2.75) is 70.6 Å². The van der Waals surface area contributed by atoms with E-state index in [1.165, 1.54) is 38.5 Å². The molecule has 0 aliphatic heterocycles. The highest BCUT2D eigenvalue weighted by atomic mass is 35.5. The van der Waals surface area contributed by atoms with Gasteiger partial charge in [0.1, 0.15) is 0 Å². The van der Waals surface area contributed by atoms with Crippen LogP contribution in [0.15, 0.2) is 0 Å². The van der Waals surface area contributed by atoms with Gasteiger partial charge in [0.25, 0.3) is 0 Å². The zero-order chi connectivity index (χ0) is 13.4. The molecule has 1 aliphatic carbocycles. The van der Waals surface area contributed by atoms with Gasteiger partial charge in [-0.05, 0) is 31.1 Å². The van der Waals surface area contributed by atoms with Gasteiger partial charge in [0.2, 0.25) is 5.91 Å². The van der Waals surface area contributed by atoms with Gasteiger partial charge in [0.15, 0.2) is 0 Å². The second kappa shape index (κ2) is 8.79. The molecule has 0 aromatic heterocycles. The molecule has 0 bridgehead atoms. The van der Waals surface area contributed by atoms with Crippen molar-refractivity contribution in [1.29, 1.82) is 0 Å². The Labute approximate surface area is 117 Å². The predicted molar refractivity (Wildman–Crippen MR) is 77.9 cm³/mol. The van der Waals surface area contributed by atoms with Crippen LogP contribution in [0.1, 0.15) is 65.2 Å². The van der Waals surface area contributed by atoms with Crippen molar-refractivity contribution in [2.75, 3.05) is 6.54 Å². The van der Waals surface area contributed by atoms with Crippen LogP contribution in [0.5, 0.6) is 0 Å². The Morgan fingerprint density at radius 1 is 1.22 bits per heavy atom. The van der Waals surface area contributed by atoms with E-state index in [4.69, 9.17) is 11.6 Å². The highest BCUT2D eigenvalue weighted by molar-refractivity contribution is 6.20. The van der Waals surface area contributed by atoms with E-state index in [0.29, 0.717) is 24.8 Å². The zero-order valence-electron chi connectivity index (χ0n) is 11.9. The summed E-state index contributed by atoms with van der Waals surface area (Å²) < 4.78 is 0. The second-order valence-electron chi connectivity index (χ2n) is 6.09. The molecule has 0 radical (unpaired) electrons. The van der Waals surface area contributed by atoms with Crippen LogP contribution < -0.4 is 5.32 Å². The van der Waals surface area contributed by atoms with Crippen molar-refractivity contribution in [2.24, 2.45) is 11.8 Å². The normalized spacial score (nSPS) is 19.6. The first-order chi connectivity index (χ1) is 8.58. The minimum Gasteiger partial charge on any atom is -0.355 e. The standard InChI is InChI=1S/C15H28ClNO/c1-12(2)9-14(16)11-17-15(18)10-13-7-5-3-4-6-8-13/h12-14H,3-11H2,1-2H3,(H,17,18). The average molecular weight is 274 g/mol. The van der Waals surface area contributed by atoms with Crippen LogP contribution in [-0.2, 0) is 4.79 Å². The van der Waals surface area contributed by atoms with Gasteiger partial charge in [0.05, 0.1) is 5.38 Å². The van der Waals surface area contributed by atoms with Crippen LogP contribution in [0, 0.1) is 11.8 Å². The van der Waals surface area contributed by atoms with E-state index >= 15 is 0 Å². The molecule has 2 nitrogen and oxygen atoms in total. The molecular formula is C15H28ClNO. The number of halogens is 1. The number of carbonyl (C=O) groups is 1. The van der Waals surface area contributed by atoms with Crippen LogP contribution in [0.3, 0.4) is 0 Å². The van der Waals surface area contributed by atoms with Crippen LogP contribution in [0.25, 0.3) is 0 Å². The van der Waals surface area contributed by atoms with Gasteiger partial charge in [0, 0.05) is 13.0 Å². The lowest BCUT2D eigenvalue weighted by Crippen LogP contribution is -2.31. The maximum absolute atomic E-state index is 11.8. The number of carbonyl (C=O) groups excluding carboxylic acids is 1. The highest BCUT2D eigenvalue weighted by Crippen LogP contribution is 2.25. The molecule has 1 aliphatic rings. The molecule has 0 heterocycles. The molecule has 0 aromatic carbocycles. The third-order valence-corrected chi connectivity index (χ3v) is 4.03. The molecule has 18 heavy (non-hydrogen) atoms. The van der Waals surface area contributed by atoms with Crippen LogP contribution >= 0.6 is 11.6 Å². The molecule has 0 aromatic rings. The summed E-state index contributed by atoms with van der Waals surface area (Å²) in [5.74, 6) is 1.38. The van der Waals surface area contributed by atoms with Crippen molar-refractivity contribution in [3.63, 3.8) is 0 Å². The first kappa shape index (κ1) is 15.8. The third-order valence-electron chi connectivity index (χ3n) is 3.70. The minimum absolute atomic E-state index is 0.0723. The molecule has 3 heteroatoms. The van der Waals surface area contributed by atoms with E-state index in [-0.39, 0.29) is 11.3 Å². The van der Waals surface area contributed by atoms with Gasteiger partial charge >= 0.3 is 0 Å². The Morgan fingerprint density at radius 3 is 2.39 bits per heavy atom. The highest BCUT2D eigenvalue weighted by Gasteiger charge is 2.16. The van der Waals surface area contributed by atoms with E-state index in [9.17, 15) is 4.79 Å². The lowest BCUT2D eigenvalue weighted by Gasteiger charge is -2.16. The summed E-state index contributed by atoms with van der Waals surface area (Å²) in [7, 11) is 0. The number of rotatable bonds is 6. The number of hydrogen-bond acceptors (Lipinski definition) is 1. The Balaban J connectivity index is 2.16. The summed E-state index contributed by atoms with van der Waals surface area (Å²) in [6.45, 7) is 4.93. The van der Waals surface area contributed by atoms with E-state index < -0.39 is 0 Å². The molecule has 0 saturated heterocycles. The molecule has 1 rings (SSSR count). The second-order valence-corrected chi connectivity index (χ2v) is 6.71. The third kappa shape index (κ3) is 7.25. The van der Waals surface area contributed by atoms with Gasteiger partial charge in [-0.1, -0.05) is 39.5 Å². The largest absolute Gasteiger partial charge is 0.355 e. The van der Waals surface area contributed by atoms with Crippen LogP contribution in [0.4, 0.5) is 0 Å². The summed E-state index contributed by atoms with van der Waals surface area (Å²) in [4.78, 5) is 11.8. The van der Waals surface area contributed by atoms with E-state index in [0.717, 1.165) is 6.42 Å². The number of alkyl halides is 1. The number of hydrogen-bond donors (Lipinski definition) is 1. The topological polar surface area (TPSA) is 29.1 Å². The molecule has 1 saturated carbocycles. The molecule has 1 unspecified atom stereocenters. The van der Waals surface area contributed by atoms with Gasteiger partial charge in [-0.15, -0.1) is 11.6 Å². The SMILES string of the molecule is CC(C)CC(Cl)CNC(=O)CC1CCCCCC1. The molecular weight excluding hydrogens is 246 g/mol. The summed E-state index contributed by atoms with van der Waals surface area (Å²) in [5, 5.41) is 3.06. The quantitative estimate of drug-likeness (QED) is 0.572. The molecule has 1 amide bonds. The van der Waals surface area contributed by atoms with Crippen molar-refractivity contribution in [1.82, 2.24) is 5.32 Å². The van der Waals surface area contributed by atoms with Gasteiger partial charge in [-0.25, -0.2) is 0 Å². The number of amides is 1. The van der Waals surface area contributed by atoms with Crippen molar-refractivity contribution >= 4 is 17.5 Å². The Bertz CT molecular complexity index is 235. The van der Waals surface area contributed by atoms with Gasteiger partial charge in [-0.2, -0.15) is 0 Å². The predicted octanol–water partition coefficient (Wildman–Crippen LogP) is 4.12. The van der Waals surface area contributed by atoms with Crippen LogP contribution in [-0.4, -0.2) is 17.8 Å². The first-order valence-corrected chi connectivity index (χ1v) is 7.92. The molecule has 1 atom stereocenters. The summed E-state index contributed by atoms with van der Waals surface area (Å²) in [6.07, 6.45) is 9.39. The summed E-state index contributed by atoms with van der Waals surface area (Å²) >= 11 is 6.17. The molecule has 1 fully saturated rings. The van der Waals surface area contributed by atoms with E-state index in [2.05, 4.69) is 19.2 Å². The fourth-order valence-electron chi connectivity index (χ4n) is 2.72. The number of nitrogens with one attached hydrogen (secondary N) is 1. The lowest BCUT2D eigenvalue weighted by atomic mass is 9.96. The van der Waals surface area contributed by atoms with Crippen molar-refractivity contribution in [3.8, 4) is 0 Å². The fraction of sp³-hybridized carbons (Fsp3) is 0.933. The van der Waals surface area contributed by atoms with Gasteiger partial charge in [-0.3, -0.25) is 4.79 Å². The van der Waals surface area contributed by atoms with Crippen LogP contribution in [0.2, 0.25) is 0 Å².